The topological polar surface area (TPSA) is 91.4 Å². The Kier molecular flexibility index (Phi) is 8.06. The minimum atomic E-state index is -4.65. The fourth-order valence-electron chi connectivity index (χ4n) is 2.97. The van der Waals surface area contributed by atoms with Gasteiger partial charge in [0.15, 0.2) is 0 Å². The van der Waals surface area contributed by atoms with Crippen LogP contribution in [0.2, 0.25) is 0 Å². The summed E-state index contributed by atoms with van der Waals surface area (Å²) in [5.41, 5.74) is -0.949. The smallest absolute Gasteiger partial charge is 0.357 e. The van der Waals surface area contributed by atoms with Crippen molar-refractivity contribution in [1.29, 1.82) is 0 Å². The lowest BCUT2D eigenvalue weighted by Crippen LogP contribution is -2.28. The van der Waals surface area contributed by atoms with Crippen LogP contribution in [-0.2, 0) is 27.5 Å². The van der Waals surface area contributed by atoms with Gasteiger partial charge in [-0.05, 0) is 43.7 Å². The van der Waals surface area contributed by atoms with E-state index in [9.17, 15) is 30.8 Å². The maximum absolute atomic E-state index is 14.1. The zero-order chi connectivity index (χ0) is 25.0. The molecule has 33 heavy (non-hydrogen) atoms. The summed E-state index contributed by atoms with van der Waals surface area (Å²) in [5, 5.41) is 2.53. The number of carbonyl (C=O) groups excluding carboxylic acids is 1. The van der Waals surface area contributed by atoms with Crippen molar-refractivity contribution in [1.82, 2.24) is 10.3 Å². The Bertz CT molecular complexity index is 1150. The number of anilines is 2. The molecule has 2 aromatic rings. The summed E-state index contributed by atoms with van der Waals surface area (Å²) in [6.07, 6.45) is -3.76. The lowest BCUT2D eigenvalue weighted by molar-refractivity contribution is -0.141. The van der Waals surface area contributed by atoms with Gasteiger partial charge in [-0.25, -0.2) is 17.8 Å². The molecular formula is C21H24F4N4O3S. The van der Waals surface area contributed by atoms with Crippen LogP contribution in [0.4, 0.5) is 29.1 Å². The lowest BCUT2D eigenvalue weighted by Gasteiger charge is -2.24. The van der Waals surface area contributed by atoms with Crippen molar-refractivity contribution >= 4 is 33.0 Å². The zero-order valence-corrected chi connectivity index (χ0v) is 19.1. The highest BCUT2D eigenvalue weighted by molar-refractivity contribution is 7.92. The summed E-state index contributed by atoms with van der Waals surface area (Å²) in [7, 11) is -3.66. The highest BCUT2D eigenvalue weighted by atomic mass is 32.2. The molecule has 180 valence electrons. The van der Waals surface area contributed by atoms with E-state index in [-0.39, 0.29) is 29.2 Å². The number of pyridine rings is 1. The van der Waals surface area contributed by atoms with Crippen molar-refractivity contribution in [2.45, 2.75) is 26.6 Å². The van der Waals surface area contributed by atoms with Gasteiger partial charge < -0.3 is 10.2 Å². The third kappa shape index (κ3) is 6.91. The van der Waals surface area contributed by atoms with Gasteiger partial charge in [-0.2, -0.15) is 13.2 Å². The van der Waals surface area contributed by atoms with E-state index in [2.05, 4.69) is 16.9 Å². The fourth-order valence-corrected chi connectivity index (χ4v) is 3.53. The van der Waals surface area contributed by atoms with E-state index >= 15 is 0 Å². The highest BCUT2D eigenvalue weighted by Crippen LogP contribution is 2.32. The quantitative estimate of drug-likeness (QED) is 0.414. The number of alkyl halides is 3. The van der Waals surface area contributed by atoms with Crippen molar-refractivity contribution in [2.24, 2.45) is 0 Å². The first-order valence-corrected chi connectivity index (χ1v) is 11.7. The van der Waals surface area contributed by atoms with Crippen LogP contribution in [0.3, 0.4) is 0 Å². The van der Waals surface area contributed by atoms with Gasteiger partial charge in [0.05, 0.1) is 11.9 Å². The van der Waals surface area contributed by atoms with Gasteiger partial charge >= 0.3 is 6.18 Å². The van der Waals surface area contributed by atoms with Crippen LogP contribution < -0.4 is 14.9 Å². The third-order valence-corrected chi connectivity index (χ3v) is 5.20. The van der Waals surface area contributed by atoms with Crippen molar-refractivity contribution < 1.29 is 30.8 Å². The maximum Gasteiger partial charge on any atom is 0.433 e. The Labute approximate surface area is 189 Å². The fraction of sp³-hybridized carbons (Fsp3) is 0.333. The molecular weight excluding hydrogens is 464 g/mol. The molecule has 1 aromatic carbocycles. The molecule has 2 N–H and O–H groups in total. The Hall–Kier alpha value is -3.15. The molecule has 1 heterocycles. The molecule has 7 nitrogen and oxygen atoms in total. The number of nitrogens with zero attached hydrogens (tertiary/aromatic N) is 2. The molecule has 12 heteroatoms. The van der Waals surface area contributed by atoms with E-state index < -0.39 is 33.6 Å². The number of hydrogen-bond donors (Lipinski definition) is 2. The summed E-state index contributed by atoms with van der Waals surface area (Å²) in [4.78, 5) is 17.9. The van der Waals surface area contributed by atoms with E-state index in [1.807, 2.05) is 4.72 Å². The monoisotopic (exact) mass is 488 g/mol. The molecule has 0 aliphatic carbocycles. The largest absolute Gasteiger partial charge is 0.433 e. The maximum atomic E-state index is 14.1. The van der Waals surface area contributed by atoms with Gasteiger partial charge in [0.2, 0.25) is 10.0 Å². The van der Waals surface area contributed by atoms with Gasteiger partial charge in [0.1, 0.15) is 17.3 Å². The number of aromatic nitrogens is 1. The van der Waals surface area contributed by atoms with E-state index in [1.165, 1.54) is 12.1 Å². The molecule has 1 amide bonds. The molecule has 0 atom stereocenters. The molecule has 2 rings (SSSR count). The van der Waals surface area contributed by atoms with Crippen LogP contribution >= 0.6 is 0 Å². The summed E-state index contributed by atoms with van der Waals surface area (Å²) in [5.74, 6) is -1.53. The molecule has 1 aromatic heterocycles. The van der Waals surface area contributed by atoms with Crippen LogP contribution in [0.15, 0.2) is 36.9 Å². The number of halogens is 4. The molecule has 0 saturated carbocycles. The Morgan fingerprint density at radius 3 is 2.30 bits per heavy atom. The average molecular weight is 489 g/mol. The highest BCUT2D eigenvalue weighted by Gasteiger charge is 2.34. The van der Waals surface area contributed by atoms with E-state index in [4.69, 9.17) is 0 Å². The van der Waals surface area contributed by atoms with Crippen LogP contribution in [-0.4, -0.2) is 38.7 Å². The molecule has 0 aliphatic rings. The van der Waals surface area contributed by atoms with Gasteiger partial charge in [0, 0.05) is 30.8 Å². The van der Waals surface area contributed by atoms with Crippen LogP contribution in [0, 0.1) is 5.82 Å². The molecule has 0 unspecified atom stereocenters. The number of amides is 1. The Morgan fingerprint density at radius 2 is 1.79 bits per heavy atom. The zero-order valence-electron chi connectivity index (χ0n) is 18.3. The van der Waals surface area contributed by atoms with E-state index in [0.717, 1.165) is 24.5 Å². The Morgan fingerprint density at radius 1 is 1.15 bits per heavy atom. The molecule has 0 saturated heterocycles. The lowest BCUT2D eigenvalue weighted by atomic mass is 10.1. The van der Waals surface area contributed by atoms with Gasteiger partial charge in [-0.1, -0.05) is 12.6 Å². The first-order valence-electron chi connectivity index (χ1n) is 9.83. The van der Waals surface area contributed by atoms with Gasteiger partial charge in [-0.15, -0.1) is 0 Å². The number of hydrogen-bond acceptors (Lipinski definition) is 5. The number of carbonyl (C=O) groups is 1. The minimum absolute atomic E-state index is 0.0165. The number of nitrogens with one attached hydrogen (secondary N) is 2. The SMILES string of the molecule is C=C(C(=O)NCc1ccc(NS(C)(=O)=O)c(F)c1)c1ccc(C(F)(F)F)nc1N(CC)CC. The molecule has 0 spiro atoms. The van der Waals surface area contributed by atoms with Crippen molar-refractivity contribution in [2.75, 3.05) is 29.0 Å². The van der Waals surface area contributed by atoms with Crippen molar-refractivity contribution in [3.8, 4) is 0 Å². The first-order chi connectivity index (χ1) is 15.3. The predicted molar refractivity (Wildman–Crippen MR) is 119 cm³/mol. The van der Waals surface area contributed by atoms with Crippen molar-refractivity contribution in [3.63, 3.8) is 0 Å². The van der Waals surface area contributed by atoms with Crippen LogP contribution in [0.1, 0.15) is 30.7 Å². The molecule has 0 fully saturated rings. The van der Waals surface area contributed by atoms with E-state index in [0.29, 0.717) is 18.7 Å². The summed E-state index contributed by atoms with van der Waals surface area (Å²) in [6, 6.07) is 5.61. The summed E-state index contributed by atoms with van der Waals surface area (Å²) >= 11 is 0. The second-order valence-corrected chi connectivity index (χ2v) is 8.84. The number of benzene rings is 1. The number of rotatable bonds is 9. The number of sulfonamides is 1. The third-order valence-electron chi connectivity index (χ3n) is 4.61. The summed E-state index contributed by atoms with van der Waals surface area (Å²) < 4.78 is 78.1. The standard InChI is InChI=1S/C21H24F4N4O3S/c1-5-29(6-2)19-15(8-10-18(27-19)21(23,24)25)13(3)20(30)26-12-14-7-9-17(16(22)11-14)28-33(4,31)32/h7-11,28H,3,5-6,12H2,1-2,4H3,(H,26,30). The molecule has 0 aliphatic heterocycles. The summed E-state index contributed by atoms with van der Waals surface area (Å²) in [6.45, 7) is 7.79. The Balaban J connectivity index is 2.23. The van der Waals surface area contributed by atoms with Crippen LogP contribution in [0.25, 0.3) is 5.57 Å². The normalized spacial score (nSPS) is 11.7. The second kappa shape index (κ2) is 10.2. The van der Waals surface area contributed by atoms with Gasteiger partial charge in [0.25, 0.3) is 5.91 Å². The van der Waals surface area contributed by atoms with Gasteiger partial charge in [-0.3, -0.25) is 9.52 Å². The first kappa shape index (κ1) is 26.1. The molecule has 0 bridgehead atoms. The van der Waals surface area contributed by atoms with Crippen molar-refractivity contribution in [3.05, 3.63) is 59.5 Å². The predicted octanol–water partition coefficient (Wildman–Crippen LogP) is 3.79. The average Bonchev–Trinajstić information content (AvgIpc) is 2.72. The van der Waals surface area contributed by atoms with Crippen LogP contribution in [0.5, 0.6) is 0 Å². The minimum Gasteiger partial charge on any atom is -0.357 e. The van der Waals surface area contributed by atoms with E-state index in [1.54, 1.807) is 18.7 Å². The molecule has 0 radical (unpaired) electrons. The second-order valence-electron chi connectivity index (χ2n) is 7.09.